The molecule has 0 aliphatic carbocycles. The number of rotatable bonds is 5. The Kier molecular flexibility index (Phi) is 4.13. The standard InChI is InChI=1S/C9H17N3OS/c1-4-12-7-8(2)11-9(12)10-5-6-14(3)13/h7H,4-6H2,1-3H3,(H,10,11). The van der Waals surface area contributed by atoms with Gasteiger partial charge in [-0.1, -0.05) is 0 Å². The Labute approximate surface area is 87.2 Å². The van der Waals surface area contributed by atoms with Gasteiger partial charge in [-0.05, 0) is 13.8 Å². The Morgan fingerprint density at radius 1 is 1.64 bits per heavy atom. The van der Waals surface area contributed by atoms with Gasteiger partial charge in [0.1, 0.15) is 0 Å². The van der Waals surface area contributed by atoms with Gasteiger partial charge in [-0.15, -0.1) is 0 Å². The zero-order valence-corrected chi connectivity index (χ0v) is 9.73. The van der Waals surface area contributed by atoms with Crippen molar-refractivity contribution >= 4 is 16.7 Å². The molecule has 5 heteroatoms. The third-order valence-electron chi connectivity index (χ3n) is 1.91. The molecule has 1 rings (SSSR count). The van der Waals surface area contributed by atoms with Crippen LogP contribution in [0.3, 0.4) is 0 Å². The van der Waals surface area contributed by atoms with E-state index in [0.717, 1.165) is 18.2 Å². The maximum atomic E-state index is 10.8. The Hall–Kier alpha value is -0.840. The van der Waals surface area contributed by atoms with E-state index >= 15 is 0 Å². The number of anilines is 1. The lowest BCUT2D eigenvalue weighted by Crippen LogP contribution is -2.13. The highest BCUT2D eigenvalue weighted by molar-refractivity contribution is 7.84. The summed E-state index contributed by atoms with van der Waals surface area (Å²) in [5, 5.41) is 3.18. The van der Waals surface area contributed by atoms with Crippen LogP contribution >= 0.6 is 0 Å². The Morgan fingerprint density at radius 2 is 2.36 bits per heavy atom. The van der Waals surface area contributed by atoms with Crippen LogP contribution in [0.4, 0.5) is 5.95 Å². The van der Waals surface area contributed by atoms with Gasteiger partial charge in [-0.2, -0.15) is 0 Å². The number of nitrogens with zero attached hydrogens (tertiary/aromatic N) is 2. The van der Waals surface area contributed by atoms with Crippen molar-refractivity contribution in [2.45, 2.75) is 20.4 Å². The average molecular weight is 215 g/mol. The molecular weight excluding hydrogens is 198 g/mol. The average Bonchev–Trinajstić information content (AvgIpc) is 2.45. The molecule has 14 heavy (non-hydrogen) atoms. The van der Waals surface area contributed by atoms with E-state index in [-0.39, 0.29) is 0 Å². The molecule has 1 N–H and O–H groups in total. The van der Waals surface area contributed by atoms with Crippen molar-refractivity contribution in [1.82, 2.24) is 9.55 Å². The van der Waals surface area contributed by atoms with Crippen LogP contribution in [0.1, 0.15) is 12.6 Å². The molecule has 0 amide bonds. The molecule has 0 radical (unpaired) electrons. The first-order valence-electron chi connectivity index (χ1n) is 4.71. The molecule has 80 valence electrons. The van der Waals surface area contributed by atoms with Gasteiger partial charge >= 0.3 is 0 Å². The SMILES string of the molecule is CCn1cc(C)nc1NCCS(C)=O. The molecule has 0 aromatic carbocycles. The van der Waals surface area contributed by atoms with Crippen molar-refractivity contribution in [2.75, 3.05) is 23.9 Å². The van der Waals surface area contributed by atoms with Crippen molar-refractivity contribution < 1.29 is 4.21 Å². The smallest absolute Gasteiger partial charge is 0.203 e. The van der Waals surface area contributed by atoms with Gasteiger partial charge in [0.2, 0.25) is 5.95 Å². The number of hydrogen-bond donors (Lipinski definition) is 1. The first-order chi connectivity index (χ1) is 6.63. The second-order valence-corrected chi connectivity index (χ2v) is 4.75. The number of nitrogens with one attached hydrogen (secondary N) is 1. The summed E-state index contributed by atoms with van der Waals surface area (Å²) in [7, 11) is -0.741. The number of aromatic nitrogens is 2. The lowest BCUT2D eigenvalue weighted by atomic mass is 10.6. The minimum atomic E-state index is -0.741. The maximum absolute atomic E-state index is 10.8. The van der Waals surface area contributed by atoms with Crippen LogP contribution in [0.25, 0.3) is 0 Å². The number of hydrogen-bond acceptors (Lipinski definition) is 3. The molecule has 1 atom stereocenters. The monoisotopic (exact) mass is 215 g/mol. The van der Waals surface area contributed by atoms with Gasteiger partial charge in [-0.25, -0.2) is 4.98 Å². The van der Waals surface area contributed by atoms with Gasteiger partial charge in [0, 0.05) is 42.1 Å². The van der Waals surface area contributed by atoms with Crippen molar-refractivity contribution in [1.29, 1.82) is 0 Å². The highest BCUT2D eigenvalue weighted by Crippen LogP contribution is 2.07. The van der Waals surface area contributed by atoms with Crippen LogP contribution in [0.5, 0.6) is 0 Å². The highest BCUT2D eigenvalue weighted by Gasteiger charge is 2.02. The summed E-state index contributed by atoms with van der Waals surface area (Å²) < 4.78 is 12.9. The Morgan fingerprint density at radius 3 is 2.93 bits per heavy atom. The second-order valence-electron chi connectivity index (χ2n) is 3.20. The van der Waals surface area contributed by atoms with Crippen molar-refractivity contribution in [2.24, 2.45) is 0 Å². The van der Waals surface area contributed by atoms with Crippen LogP contribution in [-0.4, -0.2) is 32.3 Å². The molecule has 0 aliphatic rings. The molecule has 0 saturated heterocycles. The van der Waals surface area contributed by atoms with Crippen molar-refractivity contribution in [3.05, 3.63) is 11.9 Å². The van der Waals surface area contributed by atoms with Crippen molar-refractivity contribution in [3.8, 4) is 0 Å². The molecule has 1 heterocycles. The summed E-state index contributed by atoms with van der Waals surface area (Å²) >= 11 is 0. The zero-order chi connectivity index (χ0) is 10.6. The minimum absolute atomic E-state index is 0.662. The molecule has 1 aromatic rings. The van der Waals surface area contributed by atoms with Gasteiger partial charge in [0.25, 0.3) is 0 Å². The van der Waals surface area contributed by atoms with E-state index in [2.05, 4.69) is 17.2 Å². The van der Waals surface area contributed by atoms with Crippen molar-refractivity contribution in [3.63, 3.8) is 0 Å². The molecule has 1 aromatic heterocycles. The van der Waals surface area contributed by atoms with Crippen LogP contribution in [0.15, 0.2) is 6.20 Å². The van der Waals surface area contributed by atoms with Crippen LogP contribution < -0.4 is 5.32 Å². The fourth-order valence-electron chi connectivity index (χ4n) is 1.24. The van der Waals surface area contributed by atoms with Gasteiger partial charge in [-0.3, -0.25) is 4.21 Å². The van der Waals surface area contributed by atoms with Gasteiger partial charge in [0.15, 0.2) is 0 Å². The summed E-state index contributed by atoms with van der Waals surface area (Å²) in [5.74, 6) is 1.53. The Bertz CT molecular complexity index is 322. The molecule has 0 spiro atoms. The number of aryl methyl sites for hydroxylation is 2. The van der Waals surface area contributed by atoms with Gasteiger partial charge < -0.3 is 9.88 Å². The van der Waals surface area contributed by atoms with E-state index < -0.39 is 10.8 Å². The lowest BCUT2D eigenvalue weighted by molar-refractivity contribution is 0.686. The normalized spacial score (nSPS) is 12.8. The van der Waals surface area contributed by atoms with E-state index in [4.69, 9.17) is 0 Å². The first-order valence-corrected chi connectivity index (χ1v) is 6.44. The van der Waals surface area contributed by atoms with E-state index in [9.17, 15) is 4.21 Å². The molecular formula is C9H17N3OS. The zero-order valence-electron chi connectivity index (χ0n) is 8.91. The van der Waals surface area contributed by atoms with Crippen LogP contribution in [0.2, 0.25) is 0 Å². The minimum Gasteiger partial charge on any atom is -0.355 e. The summed E-state index contributed by atoms with van der Waals surface area (Å²) in [6.45, 7) is 5.65. The van der Waals surface area contributed by atoms with E-state index in [1.807, 2.05) is 17.7 Å². The predicted molar refractivity (Wildman–Crippen MR) is 60.1 cm³/mol. The first kappa shape index (κ1) is 11.2. The summed E-state index contributed by atoms with van der Waals surface area (Å²) in [4.78, 5) is 4.33. The predicted octanol–water partition coefficient (Wildman–Crippen LogP) is 1.00. The Balaban J connectivity index is 2.52. The van der Waals surface area contributed by atoms with Gasteiger partial charge in [0.05, 0.1) is 5.69 Å². The largest absolute Gasteiger partial charge is 0.355 e. The lowest BCUT2D eigenvalue weighted by Gasteiger charge is -2.06. The molecule has 0 aliphatic heterocycles. The third-order valence-corrected chi connectivity index (χ3v) is 2.69. The fourth-order valence-corrected chi connectivity index (χ4v) is 1.63. The molecule has 4 nitrogen and oxygen atoms in total. The molecule has 1 unspecified atom stereocenters. The topological polar surface area (TPSA) is 46.9 Å². The molecule has 0 bridgehead atoms. The second kappa shape index (κ2) is 5.14. The van der Waals surface area contributed by atoms with Crippen LogP contribution in [0, 0.1) is 6.92 Å². The van der Waals surface area contributed by atoms with E-state index in [0.29, 0.717) is 12.3 Å². The maximum Gasteiger partial charge on any atom is 0.203 e. The summed E-state index contributed by atoms with van der Waals surface area (Å²) in [6.07, 6.45) is 3.71. The fraction of sp³-hybridized carbons (Fsp3) is 0.667. The number of imidazole rings is 1. The summed E-state index contributed by atoms with van der Waals surface area (Å²) in [6, 6.07) is 0. The highest BCUT2D eigenvalue weighted by atomic mass is 32.2. The van der Waals surface area contributed by atoms with Crippen LogP contribution in [-0.2, 0) is 17.3 Å². The molecule has 0 saturated carbocycles. The third kappa shape index (κ3) is 3.14. The summed E-state index contributed by atoms with van der Waals surface area (Å²) in [5.41, 5.74) is 1.01. The van der Waals surface area contributed by atoms with E-state index in [1.165, 1.54) is 0 Å². The molecule has 0 fully saturated rings. The quantitative estimate of drug-likeness (QED) is 0.797. The van der Waals surface area contributed by atoms with E-state index in [1.54, 1.807) is 6.26 Å².